The fraction of sp³-hybridized carbons (Fsp3) is 0. The molecule has 1 N–H and O–H groups in total. The number of nitro groups is 2. The number of hydrogen-bond acceptors (Lipinski definition) is 8. The summed E-state index contributed by atoms with van der Waals surface area (Å²) in [4.78, 5) is 37.7. The van der Waals surface area contributed by atoms with Crippen LogP contribution in [0, 0.1) is 20.2 Å². The van der Waals surface area contributed by atoms with Crippen LogP contribution in [0.1, 0.15) is 5.56 Å². The lowest BCUT2D eigenvalue weighted by molar-refractivity contribution is -0.394. The molecule has 170 valence electrons. The van der Waals surface area contributed by atoms with Gasteiger partial charge < -0.3 is 10.1 Å². The van der Waals surface area contributed by atoms with Crippen LogP contribution >= 0.6 is 23.4 Å². The van der Waals surface area contributed by atoms with Crippen LogP contribution in [0.2, 0.25) is 5.02 Å². The number of carbonyl (C=O) groups is 1. The maximum atomic E-state index is 12.3. The van der Waals surface area contributed by atoms with Gasteiger partial charge in [-0.05, 0) is 53.7 Å². The molecular weight excluding hydrogens is 484 g/mol. The molecule has 1 aliphatic heterocycles. The van der Waals surface area contributed by atoms with E-state index in [0.717, 1.165) is 23.9 Å². The molecule has 1 aliphatic rings. The molecule has 1 amide bonds. The largest absolute Gasteiger partial charge is 0.450 e. The third-order valence-corrected chi connectivity index (χ3v) is 5.71. The Labute approximate surface area is 201 Å². The molecule has 0 unspecified atom stereocenters. The Hall–Kier alpha value is -4.22. The summed E-state index contributed by atoms with van der Waals surface area (Å²) in [6, 6.07) is 16.6. The van der Waals surface area contributed by atoms with Crippen LogP contribution in [0.25, 0.3) is 6.08 Å². The third kappa shape index (κ3) is 5.22. The van der Waals surface area contributed by atoms with Gasteiger partial charge >= 0.3 is 5.69 Å². The van der Waals surface area contributed by atoms with Crippen LogP contribution in [-0.2, 0) is 4.79 Å². The quantitative estimate of drug-likeness (QED) is 0.257. The van der Waals surface area contributed by atoms with Crippen molar-refractivity contribution in [3.8, 4) is 11.5 Å². The molecule has 0 aromatic heterocycles. The summed E-state index contributed by atoms with van der Waals surface area (Å²) in [5.74, 6) is -0.158. The highest BCUT2D eigenvalue weighted by Gasteiger charge is 2.24. The number of carbonyl (C=O) groups excluding carboxylic acids is 1. The molecule has 12 heteroatoms. The van der Waals surface area contributed by atoms with E-state index in [4.69, 9.17) is 16.3 Å². The Morgan fingerprint density at radius 2 is 1.74 bits per heavy atom. The van der Waals surface area contributed by atoms with Crippen LogP contribution in [0.3, 0.4) is 0 Å². The van der Waals surface area contributed by atoms with Gasteiger partial charge in [-0.3, -0.25) is 25.0 Å². The second-order valence-corrected chi connectivity index (χ2v) is 8.21. The van der Waals surface area contributed by atoms with Gasteiger partial charge in [0.1, 0.15) is 5.75 Å². The minimum Gasteiger partial charge on any atom is -0.450 e. The molecule has 1 heterocycles. The van der Waals surface area contributed by atoms with E-state index in [1.54, 1.807) is 54.6 Å². The first kappa shape index (κ1) is 23.0. The zero-order valence-electron chi connectivity index (χ0n) is 17.0. The van der Waals surface area contributed by atoms with E-state index in [1.807, 2.05) is 0 Å². The molecule has 1 fully saturated rings. The summed E-state index contributed by atoms with van der Waals surface area (Å²) < 4.78 is 5.55. The lowest BCUT2D eigenvalue weighted by Crippen LogP contribution is -2.19. The standard InChI is InChI=1S/C22H13ClN4O6S/c23-16-3-1-2-4-17(16)24-22-25-21(28)20(34-22)11-13-5-8-15(9-6-13)33-19-10-7-14(26(29)30)12-18(19)27(31)32/h1-12H,(H,24,25,28)/b20-11+. The minimum atomic E-state index is -0.751. The Bertz CT molecular complexity index is 1370. The van der Waals surface area contributed by atoms with Crippen molar-refractivity contribution in [2.45, 2.75) is 0 Å². The molecule has 10 nitrogen and oxygen atoms in total. The smallest absolute Gasteiger partial charge is 0.318 e. The molecule has 0 saturated carbocycles. The zero-order valence-corrected chi connectivity index (χ0v) is 18.6. The van der Waals surface area contributed by atoms with E-state index in [0.29, 0.717) is 26.3 Å². The number of halogens is 1. The van der Waals surface area contributed by atoms with Crippen molar-refractivity contribution in [3.63, 3.8) is 0 Å². The number of rotatable bonds is 6. The van der Waals surface area contributed by atoms with Gasteiger partial charge in [-0.25, -0.2) is 4.99 Å². The maximum absolute atomic E-state index is 12.3. The van der Waals surface area contributed by atoms with Crippen molar-refractivity contribution in [3.05, 3.63) is 102 Å². The van der Waals surface area contributed by atoms with Crippen LogP contribution in [-0.4, -0.2) is 20.9 Å². The number of benzene rings is 3. The van der Waals surface area contributed by atoms with E-state index in [9.17, 15) is 25.0 Å². The van der Waals surface area contributed by atoms with Crippen molar-refractivity contribution in [1.82, 2.24) is 5.32 Å². The molecule has 4 rings (SSSR count). The first-order chi connectivity index (χ1) is 16.3. The summed E-state index contributed by atoms with van der Waals surface area (Å²) in [5.41, 5.74) is 0.285. The van der Waals surface area contributed by atoms with Crippen molar-refractivity contribution >= 4 is 57.6 Å². The number of nitrogens with zero attached hydrogens (tertiary/aromatic N) is 3. The van der Waals surface area contributed by atoms with Crippen molar-refractivity contribution < 1.29 is 19.4 Å². The average Bonchev–Trinajstić information content (AvgIpc) is 3.15. The molecule has 3 aromatic rings. The fourth-order valence-electron chi connectivity index (χ4n) is 2.89. The number of non-ortho nitro benzene ring substituents is 1. The monoisotopic (exact) mass is 496 g/mol. The normalized spacial score (nSPS) is 15.4. The topological polar surface area (TPSA) is 137 Å². The van der Waals surface area contributed by atoms with Crippen molar-refractivity contribution in [2.75, 3.05) is 0 Å². The summed E-state index contributed by atoms with van der Waals surface area (Å²) in [5, 5.41) is 25.7. The Kier molecular flexibility index (Phi) is 6.57. The van der Waals surface area contributed by atoms with Gasteiger partial charge in [0.2, 0.25) is 5.75 Å². The van der Waals surface area contributed by atoms with Gasteiger partial charge in [0.15, 0.2) is 5.17 Å². The van der Waals surface area contributed by atoms with E-state index in [2.05, 4.69) is 10.3 Å². The van der Waals surface area contributed by atoms with E-state index < -0.39 is 21.2 Å². The van der Waals surface area contributed by atoms with Crippen LogP contribution in [0.4, 0.5) is 17.1 Å². The summed E-state index contributed by atoms with van der Waals surface area (Å²) >= 11 is 7.27. The third-order valence-electron chi connectivity index (χ3n) is 4.48. The number of para-hydroxylation sites is 1. The maximum Gasteiger partial charge on any atom is 0.318 e. The summed E-state index contributed by atoms with van der Waals surface area (Å²) in [6.07, 6.45) is 1.66. The summed E-state index contributed by atoms with van der Waals surface area (Å²) in [7, 11) is 0. The zero-order chi connectivity index (χ0) is 24.2. The Morgan fingerprint density at radius 1 is 1.00 bits per heavy atom. The molecule has 0 aliphatic carbocycles. The van der Waals surface area contributed by atoms with Crippen LogP contribution in [0.15, 0.2) is 76.6 Å². The number of ether oxygens (including phenoxy) is 1. The number of nitrogens with one attached hydrogen (secondary N) is 1. The Morgan fingerprint density at radius 3 is 2.41 bits per heavy atom. The van der Waals surface area contributed by atoms with Crippen LogP contribution < -0.4 is 10.1 Å². The lowest BCUT2D eigenvalue weighted by atomic mass is 10.2. The van der Waals surface area contributed by atoms with E-state index >= 15 is 0 Å². The first-order valence-electron chi connectivity index (χ1n) is 9.55. The number of aliphatic imine (C=N–C) groups is 1. The molecule has 3 aromatic carbocycles. The second kappa shape index (κ2) is 9.73. The fourth-order valence-corrected chi connectivity index (χ4v) is 3.90. The average molecular weight is 497 g/mol. The second-order valence-electron chi connectivity index (χ2n) is 6.77. The van der Waals surface area contributed by atoms with E-state index in [1.165, 1.54) is 6.07 Å². The highest BCUT2D eigenvalue weighted by Crippen LogP contribution is 2.35. The molecule has 0 bridgehead atoms. The van der Waals surface area contributed by atoms with Gasteiger partial charge in [0, 0.05) is 6.07 Å². The van der Waals surface area contributed by atoms with Crippen molar-refractivity contribution in [1.29, 1.82) is 0 Å². The van der Waals surface area contributed by atoms with Gasteiger partial charge in [-0.2, -0.15) is 0 Å². The number of thioether (sulfide) groups is 1. The first-order valence-corrected chi connectivity index (χ1v) is 10.7. The van der Waals surface area contributed by atoms with Gasteiger partial charge in [0.05, 0.1) is 31.5 Å². The Balaban J connectivity index is 1.50. The molecule has 0 atom stereocenters. The van der Waals surface area contributed by atoms with Crippen molar-refractivity contribution in [2.24, 2.45) is 4.99 Å². The number of amides is 1. The molecule has 34 heavy (non-hydrogen) atoms. The van der Waals surface area contributed by atoms with Gasteiger partial charge in [-0.15, -0.1) is 0 Å². The summed E-state index contributed by atoms with van der Waals surface area (Å²) in [6.45, 7) is 0. The highest BCUT2D eigenvalue weighted by atomic mass is 35.5. The molecule has 0 radical (unpaired) electrons. The SMILES string of the molecule is O=C1NC(=Nc2ccccc2Cl)S/C1=C/c1ccc(Oc2ccc([N+](=O)[O-])cc2[N+](=O)[O-])cc1. The minimum absolute atomic E-state index is 0.132. The molecular formula is C22H13ClN4O6S. The predicted molar refractivity (Wildman–Crippen MR) is 129 cm³/mol. The molecule has 1 saturated heterocycles. The predicted octanol–water partition coefficient (Wildman–Crippen LogP) is 5.84. The van der Waals surface area contributed by atoms with Gasteiger partial charge in [-0.1, -0.05) is 35.9 Å². The molecule has 0 spiro atoms. The number of nitro benzene ring substituents is 2. The number of amidine groups is 1. The van der Waals surface area contributed by atoms with E-state index in [-0.39, 0.29) is 17.4 Å². The number of hydrogen-bond donors (Lipinski definition) is 1. The van der Waals surface area contributed by atoms with Crippen LogP contribution in [0.5, 0.6) is 11.5 Å². The lowest BCUT2D eigenvalue weighted by Gasteiger charge is -2.06. The highest BCUT2D eigenvalue weighted by molar-refractivity contribution is 8.18. The van der Waals surface area contributed by atoms with Gasteiger partial charge in [0.25, 0.3) is 11.6 Å².